The molecule has 0 bridgehead atoms. The first-order chi connectivity index (χ1) is 9.13. The molecule has 1 unspecified atom stereocenters. The van der Waals surface area contributed by atoms with Crippen molar-refractivity contribution in [1.29, 1.82) is 0 Å². The van der Waals surface area contributed by atoms with E-state index in [1.807, 2.05) is 19.4 Å². The van der Waals surface area contributed by atoms with E-state index in [2.05, 4.69) is 48.1 Å². The molecule has 1 rings (SSSR count). The number of nitrogens with one attached hydrogen (secondary N) is 1. The largest absolute Gasteiger partial charge is 0.319 e. The quantitative estimate of drug-likeness (QED) is 0.742. The monoisotopic (exact) mass is 263 g/mol. The van der Waals surface area contributed by atoms with Crippen molar-refractivity contribution in [2.75, 3.05) is 26.7 Å². The molecule has 19 heavy (non-hydrogen) atoms. The number of nitrogens with zero attached hydrogens (tertiary/aromatic N) is 2. The van der Waals surface area contributed by atoms with E-state index in [-0.39, 0.29) is 0 Å². The van der Waals surface area contributed by atoms with Gasteiger partial charge in [-0.15, -0.1) is 0 Å². The molecule has 0 saturated carbocycles. The Morgan fingerprint density at radius 3 is 2.47 bits per heavy atom. The normalized spacial score (nSPS) is 14.6. The average molecular weight is 263 g/mol. The molecule has 0 aliphatic carbocycles. The van der Waals surface area contributed by atoms with Crippen LogP contribution in [0.25, 0.3) is 0 Å². The Morgan fingerprint density at radius 2 is 1.95 bits per heavy atom. The lowest BCUT2D eigenvalue weighted by Crippen LogP contribution is -2.41. The fraction of sp³-hybridized carbons (Fsp3) is 0.688. The predicted octanol–water partition coefficient (Wildman–Crippen LogP) is 2.93. The Balaban J connectivity index is 2.63. The summed E-state index contributed by atoms with van der Waals surface area (Å²) in [4.78, 5) is 6.61. The van der Waals surface area contributed by atoms with Gasteiger partial charge in [-0.3, -0.25) is 9.88 Å². The average Bonchev–Trinajstić information content (AvgIpc) is 2.39. The van der Waals surface area contributed by atoms with E-state index in [1.165, 1.54) is 18.4 Å². The molecule has 0 aliphatic heterocycles. The summed E-state index contributed by atoms with van der Waals surface area (Å²) in [5.74, 6) is 0. The van der Waals surface area contributed by atoms with Crippen LogP contribution in [0.15, 0.2) is 24.5 Å². The van der Waals surface area contributed by atoms with Gasteiger partial charge in [0.1, 0.15) is 0 Å². The number of hydrogen-bond donors (Lipinski definition) is 1. The van der Waals surface area contributed by atoms with Crippen LogP contribution in [0.4, 0.5) is 0 Å². The maximum Gasteiger partial charge on any atom is 0.0271 e. The summed E-state index contributed by atoms with van der Waals surface area (Å²) in [5, 5.41) is 3.35. The molecule has 1 atom stereocenters. The van der Waals surface area contributed by atoms with Crippen LogP contribution < -0.4 is 5.32 Å². The Labute approximate surface area is 118 Å². The van der Waals surface area contributed by atoms with Crippen LogP contribution in [-0.4, -0.2) is 36.6 Å². The summed E-state index contributed by atoms with van der Waals surface area (Å²) >= 11 is 0. The maximum absolute atomic E-state index is 4.08. The Hall–Kier alpha value is -0.930. The molecule has 0 spiro atoms. The molecule has 0 aliphatic rings. The second kappa shape index (κ2) is 8.28. The SMILES string of the molecule is CCCC(C)(CNC)CN(CC)Cc1ccncc1. The van der Waals surface area contributed by atoms with E-state index in [0.29, 0.717) is 5.41 Å². The van der Waals surface area contributed by atoms with Gasteiger partial charge in [-0.1, -0.05) is 27.2 Å². The van der Waals surface area contributed by atoms with Crippen LogP contribution in [0.2, 0.25) is 0 Å². The lowest BCUT2D eigenvalue weighted by atomic mass is 9.84. The van der Waals surface area contributed by atoms with Crippen molar-refractivity contribution in [3.63, 3.8) is 0 Å². The molecule has 0 saturated heterocycles. The van der Waals surface area contributed by atoms with E-state index in [1.54, 1.807) is 0 Å². The van der Waals surface area contributed by atoms with Crippen molar-refractivity contribution in [1.82, 2.24) is 15.2 Å². The van der Waals surface area contributed by atoms with Gasteiger partial charge in [0.15, 0.2) is 0 Å². The minimum Gasteiger partial charge on any atom is -0.319 e. The molecule has 108 valence electrons. The zero-order valence-corrected chi connectivity index (χ0v) is 12.9. The summed E-state index contributed by atoms with van der Waals surface area (Å²) in [7, 11) is 2.05. The molecular weight excluding hydrogens is 234 g/mol. The lowest BCUT2D eigenvalue weighted by molar-refractivity contribution is 0.151. The summed E-state index contributed by atoms with van der Waals surface area (Å²) in [5.41, 5.74) is 1.70. The zero-order valence-electron chi connectivity index (χ0n) is 12.9. The van der Waals surface area contributed by atoms with Gasteiger partial charge in [-0.25, -0.2) is 0 Å². The third-order valence-electron chi connectivity index (χ3n) is 3.67. The first-order valence-electron chi connectivity index (χ1n) is 7.39. The van der Waals surface area contributed by atoms with Crippen LogP contribution in [0.3, 0.4) is 0 Å². The zero-order chi connectivity index (χ0) is 14.1. The first kappa shape index (κ1) is 16.1. The van der Waals surface area contributed by atoms with Gasteiger partial charge in [-0.05, 0) is 43.1 Å². The third-order valence-corrected chi connectivity index (χ3v) is 3.67. The van der Waals surface area contributed by atoms with Crippen LogP contribution >= 0.6 is 0 Å². The molecule has 1 N–H and O–H groups in total. The smallest absolute Gasteiger partial charge is 0.0271 e. The van der Waals surface area contributed by atoms with Gasteiger partial charge in [0.05, 0.1) is 0 Å². The van der Waals surface area contributed by atoms with Gasteiger partial charge in [-0.2, -0.15) is 0 Å². The van der Waals surface area contributed by atoms with E-state index in [9.17, 15) is 0 Å². The number of pyridine rings is 1. The van der Waals surface area contributed by atoms with Crippen molar-refractivity contribution < 1.29 is 0 Å². The summed E-state index contributed by atoms with van der Waals surface area (Å²) in [6.45, 7) is 11.2. The highest BCUT2D eigenvalue weighted by molar-refractivity contribution is 5.09. The van der Waals surface area contributed by atoms with Crippen molar-refractivity contribution in [3.05, 3.63) is 30.1 Å². The Morgan fingerprint density at radius 1 is 1.26 bits per heavy atom. The first-order valence-corrected chi connectivity index (χ1v) is 7.39. The Bertz CT molecular complexity index is 331. The second-order valence-corrected chi connectivity index (χ2v) is 5.75. The van der Waals surface area contributed by atoms with Crippen molar-refractivity contribution in [3.8, 4) is 0 Å². The minimum atomic E-state index is 0.354. The van der Waals surface area contributed by atoms with Crippen LogP contribution in [0.1, 0.15) is 39.2 Å². The molecular formula is C16H29N3. The van der Waals surface area contributed by atoms with E-state index in [0.717, 1.165) is 26.2 Å². The molecule has 0 radical (unpaired) electrons. The highest BCUT2D eigenvalue weighted by atomic mass is 15.1. The highest BCUT2D eigenvalue weighted by Crippen LogP contribution is 2.24. The van der Waals surface area contributed by atoms with Crippen LogP contribution in [0, 0.1) is 5.41 Å². The fourth-order valence-electron chi connectivity index (χ4n) is 2.82. The third kappa shape index (κ3) is 5.70. The molecule has 1 heterocycles. The van der Waals surface area contributed by atoms with E-state index in [4.69, 9.17) is 0 Å². The molecule has 0 fully saturated rings. The van der Waals surface area contributed by atoms with Gasteiger partial charge in [0.2, 0.25) is 0 Å². The topological polar surface area (TPSA) is 28.2 Å². The van der Waals surface area contributed by atoms with Crippen molar-refractivity contribution >= 4 is 0 Å². The fourth-order valence-corrected chi connectivity index (χ4v) is 2.82. The summed E-state index contributed by atoms with van der Waals surface area (Å²) in [6.07, 6.45) is 6.26. The molecule has 3 nitrogen and oxygen atoms in total. The minimum absolute atomic E-state index is 0.354. The maximum atomic E-state index is 4.08. The molecule has 0 amide bonds. The Kier molecular flexibility index (Phi) is 7.03. The summed E-state index contributed by atoms with van der Waals surface area (Å²) < 4.78 is 0. The molecule has 1 aromatic rings. The molecule has 0 aromatic carbocycles. The standard InChI is InChI=1S/C16H29N3/c1-5-9-16(3,13-17-4)14-19(6-2)12-15-7-10-18-11-8-15/h7-8,10-11,17H,5-6,9,12-14H2,1-4H3. The molecule has 1 aromatic heterocycles. The summed E-state index contributed by atoms with van der Waals surface area (Å²) in [6, 6.07) is 4.22. The van der Waals surface area contributed by atoms with Gasteiger partial charge >= 0.3 is 0 Å². The highest BCUT2D eigenvalue weighted by Gasteiger charge is 2.25. The van der Waals surface area contributed by atoms with Gasteiger partial charge in [0, 0.05) is 32.0 Å². The van der Waals surface area contributed by atoms with Crippen molar-refractivity contribution in [2.24, 2.45) is 5.41 Å². The van der Waals surface area contributed by atoms with Gasteiger partial charge in [0.25, 0.3) is 0 Å². The van der Waals surface area contributed by atoms with Gasteiger partial charge < -0.3 is 5.32 Å². The number of rotatable bonds is 9. The van der Waals surface area contributed by atoms with Crippen LogP contribution in [-0.2, 0) is 6.54 Å². The number of hydrogen-bond acceptors (Lipinski definition) is 3. The van der Waals surface area contributed by atoms with Crippen LogP contribution in [0.5, 0.6) is 0 Å². The predicted molar refractivity (Wildman–Crippen MR) is 82.1 cm³/mol. The molecule has 3 heteroatoms. The second-order valence-electron chi connectivity index (χ2n) is 5.75. The van der Waals surface area contributed by atoms with E-state index < -0.39 is 0 Å². The number of aromatic nitrogens is 1. The lowest BCUT2D eigenvalue weighted by Gasteiger charge is -2.35. The van der Waals surface area contributed by atoms with E-state index >= 15 is 0 Å². The van der Waals surface area contributed by atoms with Crippen molar-refractivity contribution in [2.45, 2.75) is 40.2 Å².